The number of anilines is 2. The van der Waals surface area contributed by atoms with Crippen LogP contribution in [-0.2, 0) is 0 Å². The number of hydrogen-bond acceptors (Lipinski definition) is 3. The van der Waals surface area contributed by atoms with Crippen molar-refractivity contribution in [2.45, 2.75) is 25.4 Å². The fraction of sp³-hybridized carbons (Fsp3) is 0.208. The average molecular weight is 425 g/mol. The Morgan fingerprint density at radius 2 is 1.87 bits per heavy atom. The number of halogens is 2. The van der Waals surface area contributed by atoms with Gasteiger partial charge in [0.15, 0.2) is 11.6 Å². The maximum Gasteiger partial charge on any atom is 0.258 e. The lowest BCUT2D eigenvalue weighted by atomic mass is 9.90. The molecule has 1 aliphatic rings. The molecule has 0 fully saturated rings. The smallest absolute Gasteiger partial charge is 0.258 e. The molecule has 6 heteroatoms. The zero-order valence-electron chi connectivity index (χ0n) is 16.7. The first-order valence-electron chi connectivity index (χ1n) is 9.76. The van der Waals surface area contributed by atoms with Crippen molar-refractivity contribution in [3.05, 3.63) is 88.7 Å². The zero-order chi connectivity index (χ0) is 21.3. The SMILES string of the molecule is COc1ccc(C(=O)N2c3ccccc3[C@H](Nc3ccc(Cl)cc3)C[C@@H]2C)cc1F. The standard InChI is InChI=1S/C24H22ClFN2O2/c1-15-13-21(27-18-10-8-17(25)9-11-18)19-5-3-4-6-22(19)28(15)24(29)16-7-12-23(30-2)20(26)14-16/h3-12,14-15,21,27H,13H2,1-2H3/t15-,21+/m0/s1. The zero-order valence-corrected chi connectivity index (χ0v) is 17.5. The lowest BCUT2D eigenvalue weighted by molar-refractivity contribution is 0.0973. The van der Waals surface area contributed by atoms with Gasteiger partial charge in [0.2, 0.25) is 0 Å². The third-order valence-corrected chi connectivity index (χ3v) is 5.64. The van der Waals surface area contributed by atoms with Crippen LogP contribution in [0.5, 0.6) is 5.75 Å². The van der Waals surface area contributed by atoms with Gasteiger partial charge in [-0.15, -0.1) is 0 Å². The van der Waals surface area contributed by atoms with Gasteiger partial charge in [0.25, 0.3) is 5.91 Å². The molecule has 1 heterocycles. The second-order valence-corrected chi connectivity index (χ2v) is 7.81. The Morgan fingerprint density at radius 3 is 2.57 bits per heavy atom. The van der Waals surface area contributed by atoms with Gasteiger partial charge in [-0.2, -0.15) is 0 Å². The lowest BCUT2D eigenvalue weighted by Crippen LogP contribution is -2.44. The van der Waals surface area contributed by atoms with Crippen molar-refractivity contribution in [2.75, 3.05) is 17.3 Å². The highest BCUT2D eigenvalue weighted by Gasteiger charge is 2.34. The van der Waals surface area contributed by atoms with Crippen LogP contribution in [0.15, 0.2) is 66.7 Å². The summed E-state index contributed by atoms with van der Waals surface area (Å²) in [5.74, 6) is -0.670. The maximum absolute atomic E-state index is 14.2. The van der Waals surface area contributed by atoms with Gasteiger partial charge in [0.1, 0.15) is 0 Å². The van der Waals surface area contributed by atoms with Gasteiger partial charge in [-0.3, -0.25) is 4.79 Å². The molecule has 1 N–H and O–H groups in total. The van der Waals surface area contributed by atoms with E-state index in [1.165, 1.54) is 19.2 Å². The van der Waals surface area contributed by atoms with Crippen LogP contribution in [0.3, 0.4) is 0 Å². The number of benzene rings is 3. The summed E-state index contributed by atoms with van der Waals surface area (Å²) in [4.78, 5) is 15.1. The third kappa shape index (κ3) is 3.85. The van der Waals surface area contributed by atoms with E-state index in [9.17, 15) is 9.18 Å². The van der Waals surface area contributed by atoms with Gasteiger partial charge in [-0.05, 0) is 67.4 Å². The molecule has 1 amide bonds. The molecule has 0 aliphatic carbocycles. The average Bonchev–Trinajstić information content (AvgIpc) is 2.75. The van der Waals surface area contributed by atoms with Crippen molar-refractivity contribution in [2.24, 2.45) is 0 Å². The molecule has 4 nitrogen and oxygen atoms in total. The minimum Gasteiger partial charge on any atom is -0.494 e. The Hall–Kier alpha value is -3.05. The largest absolute Gasteiger partial charge is 0.494 e. The van der Waals surface area contributed by atoms with Crippen LogP contribution in [0.1, 0.15) is 35.3 Å². The van der Waals surface area contributed by atoms with Crippen LogP contribution in [0.4, 0.5) is 15.8 Å². The topological polar surface area (TPSA) is 41.6 Å². The van der Waals surface area contributed by atoms with Crippen LogP contribution >= 0.6 is 11.6 Å². The van der Waals surface area contributed by atoms with E-state index < -0.39 is 5.82 Å². The van der Waals surface area contributed by atoms with E-state index in [0.717, 1.165) is 16.9 Å². The summed E-state index contributed by atoms with van der Waals surface area (Å²) in [6, 6.07) is 19.6. The number of nitrogens with one attached hydrogen (secondary N) is 1. The lowest BCUT2D eigenvalue weighted by Gasteiger charge is -2.40. The Morgan fingerprint density at radius 1 is 1.13 bits per heavy atom. The molecule has 0 aromatic heterocycles. The first-order chi connectivity index (χ1) is 14.5. The van der Waals surface area contributed by atoms with Crippen molar-refractivity contribution >= 4 is 28.9 Å². The molecule has 3 aromatic carbocycles. The van der Waals surface area contributed by atoms with Gasteiger partial charge in [0.05, 0.1) is 13.2 Å². The Balaban J connectivity index is 1.67. The minimum absolute atomic E-state index is 0.0361. The number of amides is 1. The van der Waals surface area contributed by atoms with Crippen molar-refractivity contribution in [3.8, 4) is 5.75 Å². The van der Waals surface area contributed by atoms with E-state index in [4.69, 9.17) is 16.3 Å². The van der Waals surface area contributed by atoms with Crippen LogP contribution in [0, 0.1) is 5.82 Å². The Bertz CT molecular complexity index is 1070. The maximum atomic E-state index is 14.2. The van der Waals surface area contributed by atoms with E-state index in [-0.39, 0.29) is 23.7 Å². The third-order valence-electron chi connectivity index (χ3n) is 5.39. The predicted octanol–water partition coefficient (Wildman–Crippen LogP) is 6.08. The van der Waals surface area contributed by atoms with Gasteiger partial charge >= 0.3 is 0 Å². The fourth-order valence-electron chi connectivity index (χ4n) is 3.94. The summed E-state index contributed by atoms with van der Waals surface area (Å²) in [5, 5.41) is 4.23. The van der Waals surface area contributed by atoms with Crippen molar-refractivity contribution in [3.63, 3.8) is 0 Å². The number of carbonyl (C=O) groups excluding carboxylic acids is 1. The molecule has 0 radical (unpaired) electrons. The van der Waals surface area contributed by atoms with E-state index in [1.807, 2.05) is 55.5 Å². The predicted molar refractivity (Wildman–Crippen MR) is 118 cm³/mol. The highest BCUT2D eigenvalue weighted by molar-refractivity contribution is 6.30. The van der Waals surface area contributed by atoms with Crippen LogP contribution in [-0.4, -0.2) is 19.1 Å². The van der Waals surface area contributed by atoms with Crippen LogP contribution in [0.2, 0.25) is 5.02 Å². The summed E-state index contributed by atoms with van der Waals surface area (Å²) in [5.41, 5.74) is 3.10. The number of carbonyl (C=O) groups is 1. The first kappa shape index (κ1) is 20.2. The number of hydrogen-bond donors (Lipinski definition) is 1. The van der Waals surface area contributed by atoms with E-state index in [2.05, 4.69) is 5.32 Å². The number of nitrogens with zero attached hydrogens (tertiary/aromatic N) is 1. The first-order valence-corrected chi connectivity index (χ1v) is 10.1. The highest BCUT2D eigenvalue weighted by atomic mass is 35.5. The van der Waals surface area contributed by atoms with Crippen molar-refractivity contribution in [1.29, 1.82) is 0 Å². The summed E-state index contributed by atoms with van der Waals surface area (Å²) < 4.78 is 19.2. The quantitative estimate of drug-likeness (QED) is 0.551. The number of para-hydroxylation sites is 1. The molecule has 0 spiro atoms. The molecule has 4 rings (SSSR count). The number of ether oxygens (including phenoxy) is 1. The number of methoxy groups -OCH3 is 1. The van der Waals surface area contributed by atoms with Crippen LogP contribution < -0.4 is 15.0 Å². The minimum atomic E-state index is -0.552. The van der Waals surface area contributed by atoms with Gasteiger partial charge in [-0.1, -0.05) is 29.8 Å². The normalized spacial score (nSPS) is 17.9. The summed E-state index contributed by atoms with van der Waals surface area (Å²) >= 11 is 5.99. The Labute approximate surface area is 180 Å². The monoisotopic (exact) mass is 424 g/mol. The molecular weight excluding hydrogens is 403 g/mol. The van der Waals surface area contributed by atoms with Crippen LogP contribution in [0.25, 0.3) is 0 Å². The molecule has 3 aromatic rings. The molecule has 0 bridgehead atoms. The molecule has 0 saturated heterocycles. The van der Waals surface area contributed by atoms with E-state index >= 15 is 0 Å². The van der Waals surface area contributed by atoms with Gasteiger partial charge < -0.3 is 15.0 Å². The number of fused-ring (bicyclic) bond motifs is 1. The van der Waals surface area contributed by atoms with E-state index in [1.54, 1.807) is 11.0 Å². The summed E-state index contributed by atoms with van der Waals surface area (Å²) in [6.45, 7) is 2.00. The second kappa shape index (κ2) is 8.36. The molecule has 0 unspecified atom stereocenters. The summed E-state index contributed by atoms with van der Waals surface area (Å²) in [6.07, 6.45) is 0.712. The molecule has 2 atom stereocenters. The second-order valence-electron chi connectivity index (χ2n) is 7.37. The Kier molecular flexibility index (Phi) is 5.64. The molecule has 1 aliphatic heterocycles. The fourth-order valence-corrected chi connectivity index (χ4v) is 4.07. The summed E-state index contributed by atoms with van der Waals surface area (Å²) in [7, 11) is 1.40. The van der Waals surface area contributed by atoms with E-state index in [0.29, 0.717) is 17.0 Å². The van der Waals surface area contributed by atoms with Gasteiger partial charge in [0, 0.05) is 28.0 Å². The highest BCUT2D eigenvalue weighted by Crippen LogP contribution is 2.39. The molecule has 0 saturated carbocycles. The van der Waals surface area contributed by atoms with Gasteiger partial charge in [-0.25, -0.2) is 4.39 Å². The van der Waals surface area contributed by atoms with Crippen molar-refractivity contribution in [1.82, 2.24) is 0 Å². The molecule has 154 valence electrons. The number of rotatable bonds is 4. The van der Waals surface area contributed by atoms with Crippen molar-refractivity contribution < 1.29 is 13.9 Å². The molecule has 30 heavy (non-hydrogen) atoms. The molecular formula is C24H22ClFN2O2.